The van der Waals surface area contributed by atoms with Crippen molar-refractivity contribution in [1.82, 2.24) is 0 Å². The maximum Gasteiger partial charge on any atom is 0.0647 e. The first-order valence-electron chi connectivity index (χ1n) is 4.54. The van der Waals surface area contributed by atoms with Gasteiger partial charge >= 0.3 is 0 Å². The second-order valence-electron chi connectivity index (χ2n) is 5.72. The zero-order valence-corrected chi connectivity index (χ0v) is 9.31. The van der Waals surface area contributed by atoms with E-state index in [1.807, 2.05) is 0 Å². The molecule has 0 saturated heterocycles. The Morgan fingerprint density at radius 3 is 1.08 bits per heavy atom. The van der Waals surface area contributed by atoms with Gasteiger partial charge in [0, 0.05) is 0 Å². The molecule has 0 unspecified atom stereocenters. The van der Waals surface area contributed by atoms with Crippen molar-refractivity contribution in [2.24, 2.45) is 21.1 Å². The van der Waals surface area contributed by atoms with Crippen molar-refractivity contribution >= 4 is 0 Å². The van der Waals surface area contributed by atoms with Crippen molar-refractivity contribution in [3.63, 3.8) is 0 Å². The smallest absolute Gasteiger partial charge is 0.0647 e. The maximum absolute atomic E-state index is 4.15. The summed E-state index contributed by atoms with van der Waals surface area (Å²) in [6.45, 7) is 14.7. The number of hydrogen-bond donors (Lipinski definition) is 0. The quantitative estimate of drug-likeness (QED) is 0.566. The molecule has 72 valence electrons. The summed E-state index contributed by atoms with van der Waals surface area (Å²) in [6.07, 6.45) is 0. The van der Waals surface area contributed by atoms with Crippen LogP contribution in [0.5, 0.6) is 0 Å². The third kappa shape index (κ3) is 9.60. The molecule has 0 heterocycles. The molecule has 12 heavy (non-hydrogen) atoms. The van der Waals surface area contributed by atoms with Gasteiger partial charge in [-0.2, -0.15) is 10.2 Å². The molecule has 0 atom stereocenters. The summed E-state index contributed by atoms with van der Waals surface area (Å²) < 4.78 is 0. The van der Waals surface area contributed by atoms with E-state index in [2.05, 4.69) is 51.8 Å². The molecule has 0 bridgehead atoms. The fraction of sp³-hybridized carbons (Fsp3) is 1.00. The Kier molecular flexibility index (Phi) is 3.88. The Labute approximate surface area is 76.5 Å². The first-order chi connectivity index (χ1) is 5.21. The molecule has 0 radical (unpaired) electrons. The summed E-state index contributed by atoms with van der Waals surface area (Å²) in [7, 11) is 0. The normalized spacial score (nSPS) is 14.2. The van der Waals surface area contributed by atoms with E-state index in [0.29, 0.717) is 0 Å². The third-order valence-corrected chi connectivity index (χ3v) is 1.19. The molecular formula is C10H22N2. The topological polar surface area (TPSA) is 24.7 Å². The third-order valence-electron chi connectivity index (χ3n) is 1.19. The van der Waals surface area contributed by atoms with Crippen molar-refractivity contribution in [1.29, 1.82) is 0 Å². The lowest BCUT2D eigenvalue weighted by Crippen LogP contribution is -2.11. The van der Waals surface area contributed by atoms with Crippen molar-refractivity contribution in [3.8, 4) is 0 Å². The highest BCUT2D eigenvalue weighted by molar-refractivity contribution is 4.65. The molecule has 0 fully saturated rings. The lowest BCUT2D eigenvalue weighted by atomic mass is 9.97. The van der Waals surface area contributed by atoms with Gasteiger partial charge in [0.25, 0.3) is 0 Å². The van der Waals surface area contributed by atoms with E-state index in [-0.39, 0.29) is 10.8 Å². The summed E-state index contributed by atoms with van der Waals surface area (Å²) in [5, 5.41) is 8.31. The second kappa shape index (κ2) is 4.01. The summed E-state index contributed by atoms with van der Waals surface area (Å²) >= 11 is 0. The highest BCUT2D eigenvalue weighted by Gasteiger charge is 2.10. The van der Waals surface area contributed by atoms with Gasteiger partial charge in [-0.25, -0.2) is 0 Å². The average molecular weight is 170 g/mol. The van der Waals surface area contributed by atoms with Crippen LogP contribution in [0.2, 0.25) is 0 Å². The summed E-state index contributed by atoms with van der Waals surface area (Å²) in [5.41, 5.74) is 0.531. The maximum atomic E-state index is 4.15. The first kappa shape index (κ1) is 11.6. The van der Waals surface area contributed by atoms with Crippen LogP contribution in [-0.4, -0.2) is 13.1 Å². The van der Waals surface area contributed by atoms with Gasteiger partial charge in [0.15, 0.2) is 0 Å². The zero-order chi connectivity index (χ0) is 9.83. The highest BCUT2D eigenvalue weighted by atomic mass is 15.1. The van der Waals surface area contributed by atoms with Crippen molar-refractivity contribution in [2.75, 3.05) is 13.1 Å². The van der Waals surface area contributed by atoms with E-state index in [1.54, 1.807) is 0 Å². The molecule has 0 N–H and O–H groups in total. The minimum absolute atomic E-state index is 0.265. The summed E-state index contributed by atoms with van der Waals surface area (Å²) in [4.78, 5) is 0. The Hall–Kier alpha value is -0.400. The standard InChI is InChI=1S/C10H22N2/c1-9(2,3)7-11-12-8-10(4,5)6/h7-8H2,1-6H3/b12-11-. The van der Waals surface area contributed by atoms with Crippen LogP contribution in [0.3, 0.4) is 0 Å². The molecule has 0 aliphatic carbocycles. The molecule has 0 rings (SSSR count). The van der Waals surface area contributed by atoms with Crippen LogP contribution in [-0.2, 0) is 0 Å². The lowest BCUT2D eigenvalue weighted by Gasteiger charge is -2.15. The fourth-order valence-electron chi connectivity index (χ4n) is 0.524. The zero-order valence-electron chi connectivity index (χ0n) is 9.31. The molecule has 0 aromatic rings. The van der Waals surface area contributed by atoms with E-state index in [4.69, 9.17) is 0 Å². The number of azo groups is 1. The van der Waals surface area contributed by atoms with Crippen LogP contribution in [0.1, 0.15) is 41.5 Å². The highest BCUT2D eigenvalue weighted by Crippen LogP contribution is 2.15. The summed E-state index contributed by atoms with van der Waals surface area (Å²) in [6, 6.07) is 0. The Bertz CT molecular complexity index is 128. The molecule has 0 amide bonds. The van der Waals surface area contributed by atoms with Crippen molar-refractivity contribution in [2.45, 2.75) is 41.5 Å². The SMILES string of the molecule is CC(C)(C)C/N=N\CC(C)(C)C. The van der Waals surface area contributed by atoms with E-state index >= 15 is 0 Å². The van der Waals surface area contributed by atoms with Crippen LogP contribution >= 0.6 is 0 Å². The molecule has 0 aromatic carbocycles. The van der Waals surface area contributed by atoms with Crippen LogP contribution in [0.15, 0.2) is 10.2 Å². The van der Waals surface area contributed by atoms with Crippen LogP contribution in [0, 0.1) is 10.8 Å². The first-order valence-corrected chi connectivity index (χ1v) is 4.54. The van der Waals surface area contributed by atoms with E-state index in [9.17, 15) is 0 Å². The monoisotopic (exact) mass is 170 g/mol. The Balaban J connectivity index is 3.66. The molecule has 2 heteroatoms. The fourth-order valence-corrected chi connectivity index (χ4v) is 0.524. The van der Waals surface area contributed by atoms with E-state index in [0.717, 1.165) is 13.1 Å². The molecule has 2 nitrogen and oxygen atoms in total. The van der Waals surface area contributed by atoms with Crippen molar-refractivity contribution in [3.05, 3.63) is 0 Å². The number of nitrogens with zero attached hydrogens (tertiary/aromatic N) is 2. The Morgan fingerprint density at radius 1 is 0.667 bits per heavy atom. The van der Waals surface area contributed by atoms with Gasteiger partial charge in [-0.15, -0.1) is 0 Å². The van der Waals surface area contributed by atoms with Crippen molar-refractivity contribution < 1.29 is 0 Å². The van der Waals surface area contributed by atoms with Gasteiger partial charge in [-0.3, -0.25) is 0 Å². The number of rotatable bonds is 2. The predicted molar refractivity (Wildman–Crippen MR) is 53.5 cm³/mol. The van der Waals surface area contributed by atoms with Crippen LogP contribution in [0.25, 0.3) is 0 Å². The van der Waals surface area contributed by atoms with E-state index in [1.165, 1.54) is 0 Å². The van der Waals surface area contributed by atoms with Gasteiger partial charge in [0.05, 0.1) is 13.1 Å². The van der Waals surface area contributed by atoms with Crippen LogP contribution in [0.4, 0.5) is 0 Å². The Morgan fingerprint density at radius 2 is 0.917 bits per heavy atom. The van der Waals surface area contributed by atoms with Gasteiger partial charge in [0.1, 0.15) is 0 Å². The molecule has 0 saturated carbocycles. The van der Waals surface area contributed by atoms with Gasteiger partial charge in [-0.05, 0) is 10.8 Å². The summed E-state index contributed by atoms with van der Waals surface area (Å²) in [5.74, 6) is 0. The van der Waals surface area contributed by atoms with Crippen LogP contribution < -0.4 is 0 Å². The minimum Gasteiger partial charge on any atom is -0.194 e. The predicted octanol–water partition coefficient (Wildman–Crippen LogP) is 3.53. The second-order valence-corrected chi connectivity index (χ2v) is 5.72. The molecule has 0 spiro atoms. The number of hydrogen-bond acceptors (Lipinski definition) is 2. The minimum atomic E-state index is 0.265. The lowest BCUT2D eigenvalue weighted by molar-refractivity contribution is 0.392. The molecular weight excluding hydrogens is 148 g/mol. The molecule has 0 aliphatic heterocycles. The molecule has 0 aromatic heterocycles. The average Bonchev–Trinajstić information content (AvgIpc) is 1.76. The van der Waals surface area contributed by atoms with Gasteiger partial charge in [-0.1, -0.05) is 41.5 Å². The largest absolute Gasteiger partial charge is 0.194 e. The van der Waals surface area contributed by atoms with E-state index < -0.39 is 0 Å². The van der Waals surface area contributed by atoms with Gasteiger partial charge in [0.2, 0.25) is 0 Å². The molecule has 0 aliphatic rings. The van der Waals surface area contributed by atoms with Gasteiger partial charge < -0.3 is 0 Å².